The maximum atomic E-state index is 14.1. The number of nitrogens with zero attached hydrogens (tertiary/aromatic N) is 1. The summed E-state index contributed by atoms with van der Waals surface area (Å²) in [7, 11) is 0. The molecule has 1 amide bonds. The summed E-state index contributed by atoms with van der Waals surface area (Å²) in [4.78, 5) is 12.5. The van der Waals surface area contributed by atoms with Crippen molar-refractivity contribution in [1.29, 1.82) is 5.26 Å². The first kappa shape index (κ1) is 22.3. The van der Waals surface area contributed by atoms with Crippen molar-refractivity contribution < 1.29 is 13.9 Å². The second-order valence-electron chi connectivity index (χ2n) is 6.67. The third-order valence-corrected chi connectivity index (χ3v) is 5.22. The van der Waals surface area contributed by atoms with E-state index in [1.807, 2.05) is 19.1 Å². The molecule has 0 saturated heterocycles. The molecule has 0 fully saturated rings. The van der Waals surface area contributed by atoms with Crippen LogP contribution in [0.2, 0.25) is 0 Å². The third kappa shape index (κ3) is 5.80. The van der Waals surface area contributed by atoms with Gasteiger partial charge < -0.3 is 10.1 Å². The number of carbonyl (C=O) groups is 1. The number of hydrogen-bond acceptors (Lipinski definition) is 3. The van der Waals surface area contributed by atoms with Crippen molar-refractivity contribution >= 4 is 33.6 Å². The summed E-state index contributed by atoms with van der Waals surface area (Å²) in [5.41, 5.74) is 2.52. The van der Waals surface area contributed by atoms with E-state index in [-0.39, 0.29) is 11.4 Å². The topological polar surface area (TPSA) is 62.1 Å². The number of rotatable bonds is 7. The van der Waals surface area contributed by atoms with E-state index in [1.165, 1.54) is 12.1 Å². The predicted octanol–water partition coefficient (Wildman–Crippen LogP) is 6.12. The molecule has 0 atom stereocenters. The van der Waals surface area contributed by atoms with Crippen molar-refractivity contribution in [3.8, 4) is 11.8 Å². The van der Waals surface area contributed by atoms with Crippen LogP contribution in [0.1, 0.15) is 23.6 Å². The lowest BCUT2D eigenvalue weighted by atomic mass is 10.0. The lowest BCUT2D eigenvalue weighted by Crippen LogP contribution is -2.13. The molecule has 31 heavy (non-hydrogen) atoms. The van der Waals surface area contributed by atoms with Crippen molar-refractivity contribution in [2.45, 2.75) is 13.3 Å². The largest absolute Gasteiger partial charge is 0.494 e. The fourth-order valence-electron chi connectivity index (χ4n) is 3.04. The summed E-state index contributed by atoms with van der Waals surface area (Å²) in [6.07, 6.45) is 1.84. The fourth-order valence-corrected chi connectivity index (χ4v) is 3.64. The van der Waals surface area contributed by atoms with Crippen LogP contribution in [0.5, 0.6) is 5.75 Å². The van der Waals surface area contributed by atoms with Crippen LogP contribution in [0.25, 0.3) is 6.08 Å². The number of carbonyl (C=O) groups excluding carboxylic acids is 1. The molecule has 0 spiro atoms. The minimum absolute atomic E-state index is 0.0416. The fraction of sp³-hybridized carbons (Fsp3) is 0.120. The maximum absolute atomic E-state index is 14.1. The van der Waals surface area contributed by atoms with Crippen LogP contribution in [-0.4, -0.2) is 12.5 Å². The highest BCUT2D eigenvalue weighted by atomic mass is 79.9. The number of hydrogen-bond donors (Lipinski definition) is 1. The first-order valence-electron chi connectivity index (χ1n) is 9.68. The average Bonchev–Trinajstić information content (AvgIpc) is 2.76. The molecule has 0 bridgehead atoms. The highest BCUT2D eigenvalue weighted by Crippen LogP contribution is 2.33. The Morgan fingerprint density at radius 3 is 2.55 bits per heavy atom. The molecule has 0 aromatic heterocycles. The molecule has 4 nitrogen and oxygen atoms in total. The zero-order valence-electron chi connectivity index (χ0n) is 16.9. The smallest absolute Gasteiger partial charge is 0.266 e. The molecule has 3 aromatic carbocycles. The number of nitriles is 1. The zero-order valence-corrected chi connectivity index (χ0v) is 18.4. The molecule has 0 radical (unpaired) electrons. The van der Waals surface area contributed by atoms with E-state index in [9.17, 15) is 14.4 Å². The number of nitrogens with one attached hydrogen (secondary N) is 1. The maximum Gasteiger partial charge on any atom is 0.266 e. The van der Waals surface area contributed by atoms with Crippen LogP contribution in [0.3, 0.4) is 0 Å². The van der Waals surface area contributed by atoms with E-state index in [0.717, 1.165) is 5.56 Å². The van der Waals surface area contributed by atoms with E-state index < -0.39 is 5.91 Å². The highest BCUT2D eigenvalue weighted by molar-refractivity contribution is 9.10. The first-order valence-corrected chi connectivity index (χ1v) is 10.5. The summed E-state index contributed by atoms with van der Waals surface area (Å²) in [6, 6.07) is 21.0. The van der Waals surface area contributed by atoms with Crippen molar-refractivity contribution in [1.82, 2.24) is 0 Å². The van der Waals surface area contributed by atoms with E-state index in [1.54, 1.807) is 54.6 Å². The molecule has 1 N–H and O–H groups in total. The Hall–Kier alpha value is -3.43. The second-order valence-corrected chi connectivity index (χ2v) is 7.52. The number of anilines is 1. The van der Waals surface area contributed by atoms with Crippen LogP contribution in [-0.2, 0) is 11.2 Å². The Morgan fingerprint density at radius 1 is 1.16 bits per heavy atom. The number of halogens is 2. The Bertz CT molecular complexity index is 1150. The number of para-hydroxylation sites is 1. The molecule has 0 unspecified atom stereocenters. The summed E-state index contributed by atoms with van der Waals surface area (Å²) >= 11 is 3.54. The van der Waals surface area contributed by atoms with Gasteiger partial charge in [-0.15, -0.1) is 0 Å². The number of ether oxygens (including phenoxy) is 1. The standard InChI is InChI=1S/C25H20BrFN2O2/c1-2-31-24-14-17(12-19(16-28)25(30)29-20-9-4-3-5-10-20)13-22(26)21(24)15-18-8-6-7-11-23(18)27/h3-14H,2,15H2,1H3,(H,29,30)/b19-12+. The number of benzene rings is 3. The van der Waals surface area contributed by atoms with Gasteiger partial charge in [0.05, 0.1) is 6.61 Å². The molecule has 0 aliphatic heterocycles. The molecule has 0 aliphatic rings. The van der Waals surface area contributed by atoms with E-state index in [0.29, 0.717) is 40.1 Å². The summed E-state index contributed by atoms with van der Waals surface area (Å²) in [5, 5.41) is 12.2. The molecule has 3 aromatic rings. The van der Waals surface area contributed by atoms with Gasteiger partial charge in [0.25, 0.3) is 5.91 Å². The van der Waals surface area contributed by atoms with Crippen molar-refractivity contribution in [3.05, 3.63) is 99.3 Å². The quantitative estimate of drug-likeness (QED) is 0.328. The van der Waals surface area contributed by atoms with Gasteiger partial charge in [-0.25, -0.2) is 4.39 Å². The highest BCUT2D eigenvalue weighted by Gasteiger charge is 2.15. The third-order valence-electron chi connectivity index (χ3n) is 4.51. The van der Waals surface area contributed by atoms with Crippen LogP contribution in [0, 0.1) is 17.1 Å². The first-order chi connectivity index (χ1) is 15.0. The minimum atomic E-state index is -0.502. The minimum Gasteiger partial charge on any atom is -0.494 e. The summed E-state index contributed by atoms with van der Waals surface area (Å²) in [5.74, 6) is -0.226. The van der Waals surface area contributed by atoms with E-state index in [4.69, 9.17) is 4.74 Å². The van der Waals surface area contributed by atoms with Gasteiger partial charge in [-0.1, -0.05) is 52.3 Å². The zero-order chi connectivity index (χ0) is 22.2. The van der Waals surface area contributed by atoms with Crippen molar-refractivity contribution in [2.75, 3.05) is 11.9 Å². The van der Waals surface area contributed by atoms with Gasteiger partial charge in [-0.05, 0) is 54.5 Å². The molecule has 156 valence electrons. The summed E-state index contributed by atoms with van der Waals surface area (Å²) in [6.45, 7) is 2.28. The van der Waals surface area contributed by atoms with Gasteiger partial charge in [0.15, 0.2) is 0 Å². The van der Waals surface area contributed by atoms with Gasteiger partial charge in [0.1, 0.15) is 23.2 Å². The van der Waals surface area contributed by atoms with Gasteiger partial charge in [0, 0.05) is 22.1 Å². The Kier molecular flexibility index (Phi) is 7.58. The number of amides is 1. The van der Waals surface area contributed by atoms with Gasteiger partial charge >= 0.3 is 0 Å². The lowest BCUT2D eigenvalue weighted by Gasteiger charge is -2.14. The summed E-state index contributed by atoms with van der Waals surface area (Å²) < 4.78 is 20.6. The predicted molar refractivity (Wildman–Crippen MR) is 123 cm³/mol. The van der Waals surface area contributed by atoms with Crippen LogP contribution in [0.4, 0.5) is 10.1 Å². The van der Waals surface area contributed by atoms with Gasteiger partial charge in [-0.3, -0.25) is 4.79 Å². The van der Waals surface area contributed by atoms with Crippen LogP contribution in [0.15, 0.2) is 76.8 Å². The van der Waals surface area contributed by atoms with Gasteiger partial charge in [0.2, 0.25) is 0 Å². The molecular formula is C25H20BrFN2O2. The molecule has 0 aliphatic carbocycles. The Balaban J connectivity index is 1.93. The van der Waals surface area contributed by atoms with E-state index >= 15 is 0 Å². The van der Waals surface area contributed by atoms with Gasteiger partial charge in [-0.2, -0.15) is 5.26 Å². The second kappa shape index (κ2) is 10.6. The Morgan fingerprint density at radius 2 is 1.87 bits per heavy atom. The SMILES string of the molecule is CCOc1cc(/C=C(\C#N)C(=O)Nc2ccccc2)cc(Br)c1Cc1ccccc1F. The lowest BCUT2D eigenvalue weighted by molar-refractivity contribution is -0.112. The Labute approximate surface area is 189 Å². The normalized spacial score (nSPS) is 11.0. The van der Waals surface area contributed by atoms with E-state index in [2.05, 4.69) is 21.2 Å². The van der Waals surface area contributed by atoms with Crippen LogP contribution < -0.4 is 10.1 Å². The molecule has 6 heteroatoms. The van der Waals surface area contributed by atoms with Crippen LogP contribution >= 0.6 is 15.9 Å². The molecular weight excluding hydrogens is 459 g/mol. The van der Waals surface area contributed by atoms with Crippen molar-refractivity contribution in [3.63, 3.8) is 0 Å². The monoisotopic (exact) mass is 478 g/mol. The molecule has 3 rings (SSSR count). The van der Waals surface area contributed by atoms with Crippen molar-refractivity contribution in [2.24, 2.45) is 0 Å². The molecule has 0 saturated carbocycles. The molecule has 0 heterocycles. The average molecular weight is 479 g/mol.